The summed E-state index contributed by atoms with van der Waals surface area (Å²) in [6, 6.07) is 0. The zero-order chi connectivity index (χ0) is 9.84. The van der Waals surface area contributed by atoms with Gasteiger partial charge < -0.3 is 15.2 Å². The number of hydrogen-bond donors (Lipinski definition) is 1. The van der Waals surface area contributed by atoms with Gasteiger partial charge in [-0.2, -0.15) is 9.97 Å². The molecule has 0 saturated carbocycles. The molecule has 0 aromatic carbocycles. The van der Waals surface area contributed by atoms with Crippen LogP contribution in [0.1, 0.15) is 12.5 Å². The zero-order valence-electron chi connectivity index (χ0n) is 8.00. The first kappa shape index (κ1) is 9.57. The summed E-state index contributed by atoms with van der Waals surface area (Å²) in [7, 11) is 3.08. The number of rotatable bonds is 3. The average Bonchev–Trinajstić information content (AvgIpc) is 2.16. The fourth-order valence-corrected chi connectivity index (χ4v) is 1.10. The van der Waals surface area contributed by atoms with E-state index in [2.05, 4.69) is 9.97 Å². The van der Waals surface area contributed by atoms with E-state index >= 15 is 0 Å². The van der Waals surface area contributed by atoms with E-state index in [0.717, 1.165) is 12.0 Å². The van der Waals surface area contributed by atoms with Crippen molar-refractivity contribution in [2.75, 3.05) is 20.0 Å². The molecule has 0 amide bonds. The van der Waals surface area contributed by atoms with Gasteiger partial charge in [-0.15, -0.1) is 0 Å². The van der Waals surface area contributed by atoms with Gasteiger partial charge in [0.1, 0.15) is 0 Å². The number of hydrogen-bond acceptors (Lipinski definition) is 5. The van der Waals surface area contributed by atoms with E-state index in [1.54, 1.807) is 14.2 Å². The fraction of sp³-hybridized carbons (Fsp3) is 0.500. The maximum atomic E-state index is 5.45. The summed E-state index contributed by atoms with van der Waals surface area (Å²) in [5, 5.41) is 0. The van der Waals surface area contributed by atoms with Crippen molar-refractivity contribution in [3.63, 3.8) is 0 Å². The van der Waals surface area contributed by atoms with Gasteiger partial charge in [0, 0.05) is 0 Å². The lowest BCUT2D eigenvalue weighted by Gasteiger charge is -2.09. The van der Waals surface area contributed by atoms with Gasteiger partial charge in [0.15, 0.2) is 0 Å². The number of nitrogens with zero attached hydrogens (tertiary/aromatic N) is 2. The molecule has 0 unspecified atom stereocenters. The van der Waals surface area contributed by atoms with E-state index in [1.165, 1.54) is 0 Å². The van der Waals surface area contributed by atoms with Gasteiger partial charge in [0.2, 0.25) is 17.7 Å². The van der Waals surface area contributed by atoms with Crippen LogP contribution in [0.2, 0.25) is 0 Å². The first-order chi connectivity index (χ1) is 6.22. The monoisotopic (exact) mass is 183 g/mol. The van der Waals surface area contributed by atoms with Crippen LogP contribution in [0.3, 0.4) is 0 Å². The highest BCUT2D eigenvalue weighted by Crippen LogP contribution is 2.25. The zero-order valence-corrected chi connectivity index (χ0v) is 8.00. The van der Waals surface area contributed by atoms with Crippen molar-refractivity contribution < 1.29 is 9.47 Å². The number of anilines is 1. The molecule has 0 saturated heterocycles. The number of nitrogen functional groups attached to an aromatic ring is 1. The van der Waals surface area contributed by atoms with Crippen molar-refractivity contribution in [2.45, 2.75) is 13.3 Å². The Hall–Kier alpha value is -1.52. The smallest absolute Gasteiger partial charge is 0.226 e. The van der Waals surface area contributed by atoms with E-state index in [1.807, 2.05) is 6.92 Å². The third-order valence-electron chi connectivity index (χ3n) is 1.69. The highest BCUT2D eigenvalue weighted by Gasteiger charge is 2.12. The second-order valence-corrected chi connectivity index (χ2v) is 2.43. The molecule has 1 rings (SSSR count). The third-order valence-corrected chi connectivity index (χ3v) is 1.69. The van der Waals surface area contributed by atoms with E-state index in [9.17, 15) is 0 Å². The van der Waals surface area contributed by atoms with Crippen LogP contribution in [0.25, 0.3) is 0 Å². The SMILES string of the molecule is CCc1c(OC)nc(N)nc1OC. The van der Waals surface area contributed by atoms with Crippen LogP contribution in [0.15, 0.2) is 0 Å². The van der Waals surface area contributed by atoms with E-state index in [4.69, 9.17) is 15.2 Å². The molecule has 2 N–H and O–H groups in total. The van der Waals surface area contributed by atoms with Crippen molar-refractivity contribution >= 4 is 5.95 Å². The number of nitrogens with two attached hydrogens (primary N) is 1. The number of methoxy groups -OCH3 is 2. The Morgan fingerprint density at radius 3 is 1.92 bits per heavy atom. The summed E-state index contributed by atoms with van der Waals surface area (Å²) in [5.74, 6) is 1.12. The number of ether oxygens (including phenoxy) is 2. The fourth-order valence-electron chi connectivity index (χ4n) is 1.10. The Bertz CT molecular complexity index is 276. The first-order valence-corrected chi connectivity index (χ1v) is 3.97. The van der Waals surface area contributed by atoms with Crippen LogP contribution < -0.4 is 15.2 Å². The molecule has 0 aliphatic carbocycles. The van der Waals surface area contributed by atoms with Crippen molar-refractivity contribution in [2.24, 2.45) is 0 Å². The van der Waals surface area contributed by atoms with Gasteiger partial charge in [-0.1, -0.05) is 6.92 Å². The molecular formula is C8H13N3O2. The van der Waals surface area contributed by atoms with Gasteiger partial charge in [-0.25, -0.2) is 0 Å². The normalized spacial score (nSPS) is 9.77. The topological polar surface area (TPSA) is 70.3 Å². The summed E-state index contributed by atoms with van der Waals surface area (Å²) >= 11 is 0. The lowest BCUT2D eigenvalue weighted by Crippen LogP contribution is -2.04. The molecule has 0 fully saturated rings. The lowest BCUT2D eigenvalue weighted by molar-refractivity contribution is 0.364. The van der Waals surface area contributed by atoms with Crippen LogP contribution in [-0.2, 0) is 6.42 Å². The highest BCUT2D eigenvalue weighted by atomic mass is 16.5. The second-order valence-electron chi connectivity index (χ2n) is 2.43. The summed E-state index contributed by atoms with van der Waals surface area (Å²) in [4.78, 5) is 7.87. The third kappa shape index (κ3) is 1.80. The Labute approximate surface area is 76.9 Å². The van der Waals surface area contributed by atoms with Crippen LogP contribution >= 0.6 is 0 Å². The second kappa shape index (κ2) is 3.93. The van der Waals surface area contributed by atoms with Crippen LogP contribution in [-0.4, -0.2) is 24.2 Å². The minimum atomic E-state index is 0.158. The minimum Gasteiger partial charge on any atom is -0.481 e. The minimum absolute atomic E-state index is 0.158. The van der Waals surface area contributed by atoms with E-state index in [0.29, 0.717) is 11.8 Å². The molecule has 1 heterocycles. The summed E-state index contributed by atoms with van der Waals surface area (Å²) in [5.41, 5.74) is 6.28. The maximum Gasteiger partial charge on any atom is 0.226 e. The first-order valence-electron chi connectivity index (χ1n) is 3.97. The molecular weight excluding hydrogens is 170 g/mol. The molecule has 5 nitrogen and oxygen atoms in total. The van der Waals surface area contributed by atoms with Crippen LogP contribution in [0.4, 0.5) is 5.95 Å². The van der Waals surface area contributed by atoms with Gasteiger partial charge >= 0.3 is 0 Å². The van der Waals surface area contributed by atoms with Crippen LogP contribution in [0, 0.1) is 0 Å². The molecule has 0 spiro atoms. The molecule has 0 atom stereocenters. The van der Waals surface area contributed by atoms with Crippen LogP contribution in [0.5, 0.6) is 11.8 Å². The summed E-state index contributed by atoms with van der Waals surface area (Å²) in [6.07, 6.45) is 0.743. The van der Waals surface area contributed by atoms with Gasteiger partial charge in [-0.3, -0.25) is 0 Å². The molecule has 1 aromatic rings. The maximum absolute atomic E-state index is 5.45. The molecule has 0 bridgehead atoms. The van der Waals surface area contributed by atoms with Crippen molar-refractivity contribution in [1.29, 1.82) is 0 Å². The standard InChI is InChI=1S/C8H13N3O2/c1-4-5-6(12-2)10-8(9)11-7(5)13-3/h4H2,1-3H3,(H2,9,10,11). The largest absolute Gasteiger partial charge is 0.481 e. The predicted molar refractivity (Wildman–Crippen MR) is 48.9 cm³/mol. The lowest BCUT2D eigenvalue weighted by atomic mass is 10.2. The Morgan fingerprint density at radius 1 is 1.15 bits per heavy atom. The molecule has 13 heavy (non-hydrogen) atoms. The highest BCUT2D eigenvalue weighted by molar-refractivity contribution is 5.39. The van der Waals surface area contributed by atoms with Gasteiger partial charge in [0.25, 0.3) is 0 Å². The quantitative estimate of drug-likeness (QED) is 0.744. The van der Waals surface area contributed by atoms with E-state index < -0.39 is 0 Å². The molecule has 0 radical (unpaired) electrons. The Kier molecular flexibility index (Phi) is 2.89. The summed E-state index contributed by atoms with van der Waals surface area (Å²) in [6.45, 7) is 1.97. The Morgan fingerprint density at radius 2 is 1.62 bits per heavy atom. The van der Waals surface area contributed by atoms with Crippen molar-refractivity contribution in [3.8, 4) is 11.8 Å². The average molecular weight is 183 g/mol. The molecule has 1 aromatic heterocycles. The predicted octanol–water partition coefficient (Wildman–Crippen LogP) is 0.638. The number of aromatic nitrogens is 2. The van der Waals surface area contributed by atoms with Crippen molar-refractivity contribution in [3.05, 3.63) is 5.56 Å². The van der Waals surface area contributed by atoms with Gasteiger partial charge in [0.05, 0.1) is 19.8 Å². The summed E-state index contributed by atoms with van der Waals surface area (Å²) < 4.78 is 10.1. The molecule has 72 valence electrons. The molecule has 0 aliphatic heterocycles. The molecule has 0 aliphatic rings. The Balaban J connectivity index is 3.25. The molecule has 5 heteroatoms. The van der Waals surface area contributed by atoms with Crippen molar-refractivity contribution in [1.82, 2.24) is 9.97 Å². The van der Waals surface area contributed by atoms with Gasteiger partial charge in [-0.05, 0) is 6.42 Å². The van der Waals surface area contributed by atoms with E-state index in [-0.39, 0.29) is 5.95 Å².